The van der Waals surface area contributed by atoms with Gasteiger partial charge >= 0.3 is 0 Å². The van der Waals surface area contributed by atoms with Gasteiger partial charge in [0, 0.05) is 24.2 Å². The van der Waals surface area contributed by atoms with E-state index in [1.165, 1.54) is 11.0 Å². The molecule has 1 aliphatic rings. The van der Waals surface area contributed by atoms with Crippen LogP contribution in [0.25, 0.3) is 0 Å². The molecule has 1 atom stereocenters. The van der Waals surface area contributed by atoms with E-state index in [9.17, 15) is 18.0 Å². The van der Waals surface area contributed by atoms with Crippen molar-refractivity contribution in [3.63, 3.8) is 0 Å². The summed E-state index contributed by atoms with van der Waals surface area (Å²) in [5, 5.41) is 3.29. The van der Waals surface area contributed by atoms with Crippen LogP contribution in [0.2, 0.25) is 5.02 Å². The monoisotopic (exact) mass is 537 g/mol. The number of hydrogen-bond acceptors (Lipinski definition) is 6. The molecule has 36 heavy (non-hydrogen) atoms. The lowest BCUT2D eigenvalue weighted by molar-refractivity contribution is -0.139. The third-order valence-corrected chi connectivity index (χ3v) is 7.30. The molecule has 0 radical (unpaired) electrons. The van der Waals surface area contributed by atoms with E-state index in [2.05, 4.69) is 5.32 Å². The number of amides is 2. The summed E-state index contributed by atoms with van der Waals surface area (Å²) in [6, 6.07) is 10.9. The number of unbranched alkanes of at least 4 members (excludes halogenated alkanes) is 1. The van der Waals surface area contributed by atoms with Gasteiger partial charge in [0.25, 0.3) is 0 Å². The quantitative estimate of drug-likeness (QED) is 0.441. The van der Waals surface area contributed by atoms with E-state index in [4.69, 9.17) is 21.1 Å². The van der Waals surface area contributed by atoms with Crippen molar-refractivity contribution < 1.29 is 27.5 Å². The van der Waals surface area contributed by atoms with Crippen molar-refractivity contribution in [2.45, 2.75) is 39.3 Å². The molecule has 0 aliphatic carbocycles. The van der Waals surface area contributed by atoms with Crippen LogP contribution in [0.15, 0.2) is 42.5 Å². The number of anilines is 1. The number of nitrogens with one attached hydrogen (secondary N) is 1. The van der Waals surface area contributed by atoms with Gasteiger partial charge in [-0.3, -0.25) is 13.9 Å². The van der Waals surface area contributed by atoms with Crippen molar-refractivity contribution in [1.29, 1.82) is 0 Å². The van der Waals surface area contributed by atoms with Crippen LogP contribution in [0.4, 0.5) is 5.69 Å². The van der Waals surface area contributed by atoms with Gasteiger partial charge in [-0.15, -0.1) is 0 Å². The molecule has 2 aromatic rings. The molecule has 0 saturated heterocycles. The van der Waals surface area contributed by atoms with Gasteiger partial charge in [0.1, 0.15) is 25.8 Å². The molecular formula is C25H32ClN3O6S. The molecule has 1 N–H and O–H groups in total. The third-order valence-electron chi connectivity index (χ3n) is 5.79. The van der Waals surface area contributed by atoms with Crippen LogP contribution in [-0.2, 0) is 26.2 Å². The van der Waals surface area contributed by atoms with E-state index in [1.54, 1.807) is 43.3 Å². The minimum atomic E-state index is -3.85. The van der Waals surface area contributed by atoms with Crippen molar-refractivity contribution in [3.8, 4) is 11.5 Å². The van der Waals surface area contributed by atoms with E-state index >= 15 is 0 Å². The molecule has 0 spiro atoms. The number of ether oxygens (including phenoxy) is 2. The molecule has 11 heteroatoms. The Labute approximate surface area is 217 Å². The zero-order chi connectivity index (χ0) is 26.3. The molecule has 1 unspecified atom stereocenters. The summed E-state index contributed by atoms with van der Waals surface area (Å²) in [5.41, 5.74) is 0.902. The number of sulfonamides is 1. The fraction of sp³-hybridized carbons (Fsp3) is 0.440. The Morgan fingerprint density at radius 2 is 1.81 bits per heavy atom. The highest BCUT2D eigenvalue weighted by Gasteiger charge is 2.31. The maximum atomic E-state index is 13.6. The van der Waals surface area contributed by atoms with Crippen molar-refractivity contribution in [1.82, 2.24) is 10.2 Å². The number of fused-ring (bicyclic) bond motifs is 1. The van der Waals surface area contributed by atoms with E-state index in [0.717, 1.165) is 23.4 Å². The first-order chi connectivity index (χ1) is 17.1. The van der Waals surface area contributed by atoms with Gasteiger partial charge in [-0.1, -0.05) is 43.1 Å². The molecule has 0 saturated carbocycles. The van der Waals surface area contributed by atoms with Crippen molar-refractivity contribution in [3.05, 3.63) is 53.1 Å². The molecule has 0 aromatic heterocycles. The fourth-order valence-electron chi connectivity index (χ4n) is 3.73. The summed E-state index contributed by atoms with van der Waals surface area (Å²) in [7, 11) is -3.85. The lowest BCUT2D eigenvalue weighted by atomic mass is 10.1. The normalized spacial score (nSPS) is 13.6. The number of hydrogen-bond donors (Lipinski definition) is 1. The lowest BCUT2D eigenvalue weighted by Gasteiger charge is -2.32. The second kappa shape index (κ2) is 12.3. The van der Waals surface area contributed by atoms with Crippen LogP contribution in [0.5, 0.6) is 11.5 Å². The molecule has 0 bridgehead atoms. The van der Waals surface area contributed by atoms with E-state index in [1.807, 2.05) is 6.92 Å². The summed E-state index contributed by atoms with van der Waals surface area (Å²) in [5.74, 6) is 0.0291. The first-order valence-electron chi connectivity index (χ1n) is 11.8. The second-order valence-electron chi connectivity index (χ2n) is 8.53. The van der Waals surface area contributed by atoms with Gasteiger partial charge < -0.3 is 19.7 Å². The molecule has 3 rings (SSSR count). The molecule has 2 amide bonds. The Bertz CT molecular complexity index is 1190. The number of carbonyl (C=O) groups is 2. The molecule has 0 fully saturated rings. The average Bonchev–Trinajstić information content (AvgIpc) is 2.85. The summed E-state index contributed by atoms with van der Waals surface area (Å²) >= 11 is 6.33. The van der Waals surface area contributed by atoms with Crippen LogP contribution in [0, 0.1) is 0 Å². The van der Waals surface area contributed by atoms with Crippen molar-refractivity contribution >= 4 is 39.1 Å². The topological polar surface area (TPSA) is 105 Å². The van der Waals surface area contributed by atoms with E-state index in [-0.39, 0.29) is 18.1 Å². The second-order valence-corrected chi connectivity index (χ2v) is 10.8. The van der Waals surface area contributed by atoms with Gasteiger partial charge in [-0.25, -0.2) is 8.42 Å². The van der Waals surface area contributed by atoms with Gasteiger partial charge in [0.05, 0.1) is 11.9 Å². The van der Waals surface area contributed by atoms with E-state index in [0.29, 0.717) is 41.8 Å². The predicted octanol–water partition coefficient (Wildman–Crippen LogP) is 3.21. The first kappa shape index (κ1) is 27.6. The SMILES string of the molecule is CCCCNC(=O)C(C)N(Cc1ccccc1Cl)C(=O)CN(c1ccc2c(c1)OCCO2)S(C)(=O)=O. The van der Waals surface area contributed by atoms with Gasteiger partial charge in [-0.2, -0.15) is 0 Å². The molecule has 2 aromatic carbocycles. The number of rotatable bonds is 11. The first-order valence-corrected chi connectivity index (χ1v) is 14.0. The zero-order valence-corrected chi connectivity index (χ0v) is 22.3. The molecule has 1 aliphatic heterocycles. The minimum Gasteiger partial charge on any atom is -0.486 e. The van der Waals surface area contributed by atoms with Crippen LogP contribution in [-0.4, -0.2) is 63.7 Å². The van der Waals surface area contributed by atoms with Crippen LogP contribution in [0.1, 0.15) is 32.3 Å². The minimum absolute atomic E-state index is 0.0413. The fourth-order valence-corrected chi connectivity index (χ4v) is 4.77. The maximum Gasteiger partial charge on any atom is 0.244 e. The highest BCUT2D eigenvalue weighted by Crippen LogP contribution is 2.34. The van der Waals surface area contributed by atoms with E-state index < -0.39 is 28.5 Å². The predicted molar refractivity (Wildman–Crippen MR) is 139 cm³/mol. The van der Waals surface area contributed by atoms with Crippen LogP contribution in [0.3, 0.4) is 0 Å². The van der Waals surface area contributed by atoms with Crippen LogP contribution >= 0.6 is 11.6 Å². The Hall–Kier alpha value is -2.98. The summed E-state index contributed by atoms with van der Waals surface area (Å²) in [6.07, 6.45) is 2.75. The summed E-state index contributed by atoms with van der Waals surface area (Å²) in [4.78, 5) is 27.8. The maximum absolute atomic E-state index is 13.6. The van der Waals surface area contributed by atoms with Gasteiger partial charge in [-0.05, 0) is 37.1 Å². The Morgan fingerprint density at radius 3 is 2.47 bits per heavy atom. The number of benzene rings is 2. The molecular weight excluding hydrogens is 506 g/mol. The van der Waals surface area contributed by atoms with Crippen LogP contribution < -0.4 is 19.1 Å². The van der Waals surface area contributed by atoms with Crippen molar-refractivity contribution in [2.75, 3.05) is 36.9 Å². The summed E-state index contributed by atoms with van der Waals surface area (Å²) in [6.45, 7) is 4.39. The summed E-state index contributed by atoms with van der Waals surface area (Å²) < 4.78 is 37.5. The van der Waals surface area contributed by atoms with Gasteiger partial charge in [0.2, 0.25) is 21.8 Å². The molecule has 9 nitrogen and oxygen atoms in total. The number of halogens is 1. The Kier molecular flexibility index (Phi) is 9.44. The smallest absolute Gasteiger partial charge is 0.244 e. The number of nitrogens with zero attached hydrogens (tertiary/aromatic N) is 2. The highest BCUT2D eigenvalue weighted by molar-refractivity contribution is 7.92. The number of carbonyl (C=O) groups excluding carboxylic acids is 2. The van der Waals surface area contributed by atoms with Crippen molar-refractivity contribution in [2.24, 2.45) is 0 Å². The Balaban J connectivity index is 1.90. The lowest BCUT2D eigenvalue weighted by Crippen LogP contribution is -2.51. The third kappa shape index (κ3) is 7.04. The zero-order valence-electron chi connectivity index (χ0n) is 20.7. The average molecular weight is 538 g/mol. The molecule has 196 valence electrons. The standard InChI is InChI=1S/C25H32ClN3O6S/c1-4-5-12-27-25(31)18(2)28(16-19-8-6-7-9-21(19)26)24(30)17-29(36(3,32)33)20-10-11-22-23(15-20)35-14-13-34-22/h6-11,15,18H,4-5,12-14,16-17H2,1-3H3,(H,27,31). The molecule has 1 heterocycles. The largest absolute Gasteiger partial charge is 0.486 e. The van der Waals surface area contributed by atoms with Gasteiger partial charge in [0.15, 0.2) is 11.5 Å². The Morgan fingerprint density at radius 1 is 1.11 bits per heavy atom. The highest BCUT2D eigenvalue weighted by atomic mass is 35.5.